The van der Waals surface area contributed by atoms with Crippen LogP contribution in [0.5, 0.6) is 0 Å². The van der Waals surface area contributed by atoms with E-state index in [-0.39, 0.29) is 17.1 Å². The fourth-order valence-corrected chi connectivity index (χ4v) is 3.64. The molecule has 1 aliphatic rings. The van der Waals surface area contributed by atoms with Crippen LogP contribution in [-0.2, 0) is 11.3 Å². The predicted octanol–water partition coefficient (Wildman–Crippen LogP) is 3.29. The van der Waals surface area contributed by atoms with E-state index in [1.165, 1.54) is 6.07 Å². The number of nitrogens with one attached hydrogen (secondary N) is 2. The zero-order valence-electron chi connectivity index (χ0n) is 15.7. The lowest BCUT2D eigenvalue weighted by molar-refractivity contribution is -0.138. The Labute approximate surface area is 163 Å². The Kier molecular flexibility index (Phi) is 7.43. The highest BCUT2D eigenvalue weighted by Crippen LogP contribution is 2.38. The smallest absolute Gasteiger partial charge is 0.230 e. The average Bonchev–Trinajstić information content (AvgIpc) is 3.09. The second kappa shape index (κ2) is 9.35. The summed E-state index contributed by atoms with van der Waals surface area (Å²) in [6.07, 6.45) is 3.95. The topological polar surface area (TPSA) is 56.7 Å². The molecule has 1 aromatic rings. The van der Waals surface area contributed by atoms with Gasteiger partial charge in [-0.25, -0.2) is 9.38 Å². The van der Waals surface area contributed by atoms with Crippen LogP contribution in [0.3, 0.4) is 0 Å². The van der Waals surface area contributed by atoms with E-state index in [4.69, 9.17) is 0 Å². The summed E-state index contributed by atoms with van der Waals surface area (Å²) in [5.74, 6) is 0.527. The molecule has 144 valence electrons. The van der Waals surface area contributed by atoms with Gasteiger partial charge in [0, 0.05) is 27.2 Å². The van der Waals surface area contributed by atoms with Gasteiger partial charge in [0.25, 0.3) is 0 Å². The van der Waals surface area contributed by atoms with Gasteiger partial charge >= 0.3 is 0 Å². The molecule has 0 spiro atoms. The fraction of sp³-hybridized carbons (Fsp3) is 0.579. The Morgan fingerprint density at radius 1 is 1.31 bits per heavy atom. The van der Waals surface area contributed by atoms with Crippen LogP contribution >= 0.6 is 15.9 Å². The summed E-state index contributed by atoms with van der Waals surface area (Å²) < 4.78 is 14.1. The number of halogens is 2. The van der Waals surface area contributed by atoms with Gasteiger partial charge in [0.2, 0.25) is 5.91 Å². The first-order chi connectivity index (χ1) is 12.4. The van der Waals surface area contributed by atoms with Gasteiger partial charge in [-0.05, 0) is 53.4 Å². The Morgan fingerprint density at radius 3 is 2.58 bits per heavy atom. The van der Waals surface area contributed by atoms with Crippen molar-refractivity contribution in [2.45, 2.75) is 39.2 Å². The van der Waals surface area contributed by atoms with Gasteiger partial charge in [0.15, 0.2) is 5.96 Å². The summed E-state index contributed by atoms with van der Waals surface area (Å²) in [5, 5.41) is 6.52. The number of carbonyl (C=O) groups excluding carboxylic acids is 1. The minimum absolute atomic E-state index is 0.174. The van der Waals surface area contributed by atoms with Crippen LogP contribution in [0.2, 0.25) is 0 Å². The lowest BCUT2D eigenvalue weighted by Gasteiger charge is -2.31. The largest absolute Gasteiger partial charge is 0.357 e. The number of hydrogen-bond donors (Lipinski definition) is 2. The highest BCUT2D eigenvalue weighted by molar-refractivity contribution is 9.10. The summed E-state index contributed by atoms with van der Waals surface area (Å²) in [6.45, 7) is 3.64. The van der Waals surface area contributed by atoms with Crippen LogP contribution in [-0.4, -0.2) is 44.0 Å². The molecule has 0 heterocycles. The summed E-state index contributed by atoms with van der Waals surface area (Å²) >= 11 is 3.16. The lowest BCUT2D eigenvalue weighted by Crippen LogP contribution is -2.49. The number of guanidine groups is 1. The first-order valence-corrected chi connectivity index (χ1v) is 9.85. The number of carbonyl (C=O) groups is 1. The van der Waals surface area contributed by atoms with Crippen molar-refractivity contribution >= 4 is 27.8 Å². The molecule has 2 rings (SSSR count). The molecule has 0 saturated heterocycles. The number of nitrogens with zero attached hydrogens (tertiary/aromatic N) is 2. The third kappa shape index (κ3) is 5.19. The van der Waals surface area contributed by atoms with Crippen LogP contribution in [0, 0.1) is 11.2 Å². The first kappa shape index (κ1) is 20.7. The molecular formula is C19H28BrFN4O. The van der Waals surface area contributed by atoms with Gasteiger partial charge in [-0.15, -0.1) is 0 Å². The molecule has 0 bridgehead atoms. The third-order valence-electron chi connectivity index (χ3n) is 4.76. The van der Waals surface area contributed by atoms with Gasteiger partial charge < -0.3 is 15.5 Å². The molecule has 1 aliphatic carbocycles. The highest BCUT2D eigenvalue weighted by Gasteiger charge is 2.42. The molecule has 1 aromatic carbocycles. The van der Waals surface area contributed by atoms with Crippen molar-refractivity contribution in [2.75, 3.05) is 27.2 Å². The molecule has 0 unspecified atom stereocenters. The van der Waals surface area contributed by atoms with Crippen LogP contribution in [0.1, 0.15) is 38.2 Å². The van der Waals surface area contributed by atoms with Crippen LogP contribution < -0.4 is 10.6 Å². The number of rotatable bonds is 6. The third-order valence-corrected chi connectivity index (χ3v) is 5.41. The standard InChI is InChI=1S/C19H28BrFN4O/c1-4-22-18(23-12-14-7-8-15(20)16(21)11-14)24-13-19(9-5-6-10-19)17(26)25(2)3/h7-8,11H,4-6,9-10,12-13H2,1-3H3,(H2,22,23,24). The molecule has 0 aromatic heterocycles. The van der Waals surface area contributed by atoms with Crippen LogP contribution in [0.25, 0.3) is 0 Å². The quantitative estimate of drug-likeness (QED) is 0.541. The normalized spacial score (nSPS) is 16.4. The zero-order chi connectivity index (χ0) is 19.2. The van der Waals surface area contributed by atoms with Crippen molar-refractivity contribution in [1.29, 1.82) is 0 Å². The number of amides is 1. The molecule has 0 aliphatic heterocycles. The van der Waals surface area contributed by atoms with E-state index >= 15 is 0 Å². The van der Waals surface area contributed by atoms with Crippen molar-refractivity contribution in [3.05, 3.63) is 34.1 Å². The average molecular weight is 427 g/mol. The van der Waals surface area contributed by atoms with Gasteiger partial charge in [-0.2, -0.15) is 0 Å². The van der Waals surface area contributed by atoms with E-state index in [2.05, 4.69) is 31.6 Å². The van der Waals surface area contributed by atoms with E-state index in [0.717, 1.165) is 37.8 Å². The second-order valence-corrected chi connectivity index (χ2v) is 7.84. The minimum atomic E-state index is -0.358. The molecule has 1 amide bonds. The Bertz CT molecular complexity index is 657. The maximum Gasteiger partial charge on any atom is 0.230 e. The zero-order valence-corrected chi connectivity index (χ0v) is 17.3. The van der Waals surface area contributed by atoms with E-state index in [1.807, 2.05) is 27.1 Å². The summed E-state index contributed by atoms with van der Waals surface area (Å²) in [7, 11) is 3.62. The van der Waals surface area contributed by atoms with Crippen molar-refractivity contribution in [2.24, 2.45) is 10.4 Å². The maximum atomic E-state index is 13.7. The molecule has 26 heavy (non-hydrogen) atoms. The van der Waals surface area contributed by atoms with Crippen molar-refractivity contribution < 1.29 is 9.18 Å². The van der Waals surface area contributed by atoms with Gasteiger partial charge in [0.1, 0.15) is 5.82 Å². The molecule has 1 saturated carbocycles. The SMILES string of the molecule is CCNC(=NCc1ccc(Br)c(F)c1)NCC1(C(=O)N(C)C)CCCC1. The lowest BCUT2D eigenvalue weighted by atomic mass is 9.84. The summed E-state index contributed by atoms with van der Waals surface area (Å²) in [5.41, 5.74) is 0.437. The maximum absolute atomic E-state index is 13.7. The molecule has 7 heteroatoms. The van der Waals surface area contributed by atoms with E-state index in [1.54, 1.807) is 11.0 Å². The fourth-order valence-electron chi connectivity index (χ4n) is 3.40. The highest BCUT2D eigenvalue weighted by atomic mass is 79.9. The Balaban J connectivity index is 2.06. The van der Waals surface area contributed by atoms with Crippen molar-refractivity contribution in [1.82, 2.24) is 15.5 Å². The number of aliphatic imine (C=N–C) groups is 1. The first-order valence-electron chi connectivity index (χ1n) is 9.06. The molecule has 0 atom stereocenters. The number of hydrogen-bond acceptors (Lipinski definition) is 2. The van der Waals surface area contributed by atoms with Crippen LogP contribution in [0.15, 0.2) is 27.7 Å². The second-order valence-electron chi connectivity index (χ2n) is 6.98. The predicted molar refractivity (Wildman–Crippen MR) is 107 cm³/mol. The van der Waals surface area contributed by atoms with E-state index in [9.17, 15) is 9.18 Å². The minimum Gasteiger partial charge on any atom is -0.357 e. The van der Waals surface area contributed by atoms with Gasteiger partial charge in [0.05, 0.1) is 16.4 Å². The van der Waals surface area contributed by atoms with Crippen molar-refractivity contribution in [3.63, 3.8) is 0 Å². The van der Waals surface area contributed by atoms with E-state index in [0.29, 0.717) is 23.5 Å². The molecule has 2 N–H and O–H groups in total. The number of benzene rings is 1. The molecule has 1 fully saturated rings. The van der Waals surface area contributed by atoms with Gasteiger partial charge in [-0.3, -0.25) is 4.79 Å². The molecule has 5 nitrogen and oxygen atoms in total. The monoisotopic (exact) mass is 426 g/mol. The van der Waals surface area contributed by atoms with Crippen molar-refractivity contribution in [3.8, 4) is 0 Å². The Morgan fingerprint density at radius 2 is 2.00 bits per heavy atom. The summed E-state index contributed by atoms with van der Waals surface area (Å²) in [6, 6.07) is 5.00. The molecule has 0 radical (unpaired) electrons. The van der Waals surface area contributed by atoms with Gasteiger partial charge in [-0.1, -0.05) is 18.9 Å². The molecular weight excluding hydrogens is 399 g/mol. The van der Waals surface area contributed by atoms with E-state index < -0.39 is 0 Å². The summed E-state index contributed by atoms with van der Waals surface area (Å²) in [4.78, 5) is 18.9. The Hall–Kier alpha value is -1.63. The van der Waals surface area contributed by atoms with Crippen LogP contribution in [0.4, 0.5) is 4.39 Å².